The van der Waals surface area contributed by atoms with Gasteiger partial charge in [-0.05, 0) is 0 Å². The molecule has 98 valence electrons. The van der Waals surface area contributed by atoms with Crippen molar-refractivity contribution < 1.29 is 19.5 Å². The van der Waals surface area contributed by atoms with Crippen LogP contribution in [0.3, 0.4) is 0 Å². The van der Waals surface area contributed by atoms with Crippen molar-refractivity contribution in [1.82, 2.24) is 15.6 Å². The molecule has 0 aliphatic heterocycles. The highest BCUT2D eigenvalue weighted by Gasteiger charge is 2.21. The van der Waals surface area contributed by atoms with Crippen LogP contribution in [0, 0.1) is 0 Å². The van der Waals surface area contributed by atoms with E-state index >= 15 is 0 Å². The molecule has 9 heteroatoms. The Morgan fingerprint density at radius 1 is 1.50 bits per heavy atom. The molecule has 0 unspecified atom stereocenters. The summed E-state index contributed by atoms with van der Waals surface area (Å²) in [6, 6.07) is -2.03. The van der Waals surface area contributed by atoms with E-state index in [9.17, 15) is 14.4 Å². The molecule has 0 aliphatic carbocycles. The third-order valence-corrected chi connectivity index (χ3v) is 2.56. The number of aromatic nitrogens is 1. The number of carboxylic acids is 1. The lowest BCUT2D eigenvalue weighted by molar-refractivity contribution is -0.140. The Labute approximate surface area is 106 Å². The van der Waals surface area contributed by atoms with Gasteiger partial charge in [-0.15, -0.1) is 11.3 Å². The Kier molecular flexibility index (Phi) is 5.06. The molecule has 0 saturated heterocycles. The highest BCUT2D eigenvalue weighted by molar-refractivity contribution is 7.07. The molecular weight excluding hydrogens is 260 g/mol. The zero-order valence-corrected chi connectivity index (χ0v) is 10.1. The molecule has 0 aliphatic rings. The second-order valence-electron chi connectivity index (χ2n) is 3.37. The molecule has 0 aromatic carbocycles. The van der Waals surface area contributed by atoms with Crippen molar-refractivity contribution in [1.29, 1.82) is 0 Å². The molecule has 0 radical (unpaired) electrons. The molecule has 3 amide bonds. The fraction of sp³-hybridized carbons (Fsp3) is 0.333. The van der Waals surface area contributed by atoms with Gasteiger partial charge in [0.15, 0.2) is 0 Å². The molecule has 5 N–H and O–H groups in total. The molecule has 0 bridgehead atoms. The van der Waals surface area contributed by atoms with Crippen molar-refractivity contribution in [3.8, 4) is 0 Å². The van der Waals surface area contributed by atoms with E-state index in [1.807, 2.05) is 0 Å². The van der Waals surface area contributed by atoms with Crippen LogP contribution >= 0.6 is 11.3 Å². The van der Waals surface area contributed by atoms with Crippen molar-refractivity contribution in [3.63, 3.8) is 0 Å². The molecule has 0 spiro atoms. The van der Waals surface area contributed by atoms with Gasteiger partial charge in [-0.1, -0.05) is 0 Å². The minimum absolute atomic E-state index is 0.179. The summed E-state index contributed by atoms with van der Waals surface area (Å²) in [7, 11) is 0. The Morgan fingerprint density at radius 3 is 2.72 bits per heavy atom. The lowest BCUT2D eigenvalue weighted by Gasteiger charge is -2.13. The lowest BCUT2D eigenvalue weighted by atomic mass is 10.2. The van der Waals surface area contributed by atoms with Crippen molar-refractivity contribution in [3.05, 3.63) is 16.6 Å². The standard InChI is InChI=1S/C9H12N4O4S/c10-7(14)1-6(8(15)16)13-9(17)11-2-5-3-18-4-12-5/h3-4,6H,1-2H2,(H2,10,14)(H,15,16)(H2,11,13,17)/t6-/m1/s1. The van der Waals surface area contributed by atoms with Crippen molar-refractivity contribution in [2.75, 3.05) is 0 Å². The number of nitrogens with one attached hydrogen (secondary N) is 2. The first-order chi connectivity index (χ1) is 8.49. The van der Waals surface area contributed by atoms with Crippen LogP contribution in [0.1, 0.15) is 12.1 Å². The van der Waals surface area contributed by atoms with Crippen LogP contribution in [0.4, 0.5) is 4.79 Å². The van der Waals surface area contributed by atoms with Gasteiger partial charge in [0, 0.05) is 5.38 Å². The number of carbonyl (C=O) groups is 3. The van der Waals surface area contributed by atoms with Gasteiger partial charge in [0.25, 0.3) is 0 Å². The topological polar surface area (TPSA) is 134 Å². The number of hydrogen-bond donors (Lipinski definition) is 4. The lowest BCUT2D eigenvalue weighted by Crippen LogP contribution is -2.47. The van der Waals surface area contributed by atoms with Gasteiger partial charge in [-0.25, -0.2) is 14.6 Å². The second-order valence-corrected chi connectivity index (χ2v) is 4.09. The number of nitrogens with two attached hydrogens (primary N) is 1. The highest BCUT2D eigenvalue weighted by atomic mass is 32.1. The number of thiazole rings is 1. The maximum atomic E-state index is 11.4. The van der Waals surface area contributed by atoms with Crippen molar-refractivity contribution >= 4 is 29.2 Å². The van der Waals surface area contributed by atoms with E-state index in [-0.39, 0.29) is 6.54 Å². The van der Waals surface area contributed by atoms with Crippen LogP contribution in [0.5, 0.6) is 0 Å². The maximum Gasteiger partial charge on any atom is 0.326 e. The summed E-state index contributed by atoms with van der Waals surface area (Å²) in [6.07, 6.45) is -0.459. The van der Waals surface area contributed by atoms with Gasteiger partial charge in [0.1, 0.15) is 6.04 Å². The zero-order valence-electron chi connectivity index (χ0n) is 9.25. The molecule has 1 rings (SSSR count). The molecule has 8 nitrogen and oxygen atoms in total. The van der Waals surface area contributed by atoms with Crippen molar-refractivity contribution in [2.24, 2.45) is 5.73 Å². The quantitative estimate of drug-likeness (QED) is 0.541. The molecule has 0 fully saturated rings. The number of urea groups is 1. The summed E-state index contributed by atoms with van der Waals surface area (Å²) in [5.41, 5.74) is 7.15. The number of rotatable bonds is 6. The molecule has 1 atom stereocenters. The van der Waals surface area contributed by atoms with Gasteiger partial charge in [0.05, 0.1) is 24.2 Å². The minimum atomic E-state index is -1.34. The largest absolute Gasteiger partial charge is 0.480 e. The highest BCUT2D eigenvalue weighted by Crippen LogP contribution is 1.99. The molecular formula is C9H12N4O4S. The minimum Gasteiger partial charge on any atom is -0.480 e. The fourth-order valence-corrected chi connectivity index (χ4v) is 1.66. The van der Waals surface area contributed by atoms with Crippen molar-refractivity contribution in [2.45, 2.75) is 19.0 Å². The number of carbonyl (C=O) groups excluding carboxylic acids is 2. The first-order valence-electron chi connectivity index (χ1n) is 4.91. The van der Waals surface area contributed by atoms with Crippen LogP contribution in [0.25, 0.3) is 0 Å². The Hall–Kier alpha value is -2.16. The average molecular weight is 272 g/mol. The number of aliphatic carboxylic acids is 1. The van der Waals surface area contributed by atoms with Crippen LogP contribution in [0.2, 0.25) is 0 Å². The van der Waals surface area contributed by atoms with Gasteiger partial charge in [0.2, 0.25) is 5.91 Å². The number of nitrogens with zero attached hydrogens (tertiary/aromatic N) is 1. The Bertz CT molecular complexity index is 434. The van der Waals surface area contributed by atoms with E-state index < -0.39 is 30.4 Å². The summed E-state index contributed by atoms with van der Waals surface area (Å²) in [5.74, 6) is -2.13. The van der Waals surface area contributed by atoms with Crippen LogP contribution < -0.4 is 16.4 Å². The van der Waals surface area contributed by atoms with Crippen LogP contribution in [0.15, 0.2) is 10.9 Å². The molecule has 1 aromatic rings. The molecule has 18 heavy (non-hydrogen) atoms. The predicted octanol–water partition coefficient (Wildman–Crippen LogP) is -0.729. The first-order valence-corrected chi connectivity index (χ1v) is 5.86. The zero-order chi connectivity index (χ0) is 13.5. The number of carboxylic acid groups (broad SMARTS) is 1. The van der Waals surface area contributed by atoms with Crippen LogP contribution in [-0.4, -0.2) is 34.0 Å². The number of hydrogen-bond acceptors (Lipinski definition) is 5. The summed E-state index contributed by atoms with van der Waals surface area (Å²) in [6.45, 7) is 0.179. The van der Waals surface area contributed by atoms with E-state index in [1.165, 1.54) is 11.3 Å². The average Bonchev–Trinajstić information content (AvgIpc) is 2.77. The number of primary amides is 1. The van der Waals surface area contributed by atoms with E-state index in [1.54, 1.807) is 10.9 Å². The smallest absolute Gasteiger partial charge is 0.326 e. The fourth-order valence-electron chi connectivity index (χ4n) is 1.11. The van der Waals surface area contributed by atoms with Gasteiger partial charge in [-0.3, -0.25) is 4.79 Å². The Morgan fingerprint density at radius 2 is 2.22 bits per heavy atom. The Balaban J connectivity index is 2.41. The summed E-state index contributed by atoms with van der Waals surface area (Å²) in [5, 5.41) is 15.1. The first kappa shape index (κ1) is 13.9. The second kappa shape index (κ2) is 6.55. The molecule has 1 heterocycles. The van der Waals surface area contributed by atoms with Crippen LogP contribution in [-0.2, 0) is 16.1 Å². The predicted molar refractivity (Wildman–Crippen MR) is 62.7 cm³/mol. The summed E-state index contributed by atoms with van der Waals surface area (Å²) < 4.78 is 0. The number of amides is 3. The van der Waals surface area contributed by atoms with E-state index in [2.05, 4.69) is 15.6 Å². The van der Waals surface area contributed by atoms with Gasteiger partial charge in [-0.2, -0.15) is 0 Å². The van der Waals surface area contributed by atoms with E-state index in [0.717, 1.165) is 0 Å². The third-order valence-electron chi connectivity index (χ3n) is 1.92. The normalized spacial score (nSPS) is 11.6. The van der Waals surface area contributed by atoms with E-state index in [4.69, 9.17) is 10.8 Å². The van der Waals surface area contributed by atoms with Gasteiger partial charge < -0.3 is 21.5 Å². The van der Waals surface area contributed by atoms with Gasteiger partial charge >= 0.3 is 12.0 Å². The SMILES string of the molecule is NC(=O)C[C@@H](NC(=O)NCc1cscn1)C(=O)O. The molecule has 1 aromatic heterocycles. The molecule has 0 saturated carbocycles. The summed E-state index contributed by atoms with van der Waals surface area (Å²) >= 11 is 1.38. The van der Waals surface area contributed by atoms with E-state index in [0.29, 0.717) is 5.69 Å². The summed E-state index contributed by atoms with van der Waals surface area (Å²) in [4.78, 5) is 36.7. The maximum absolute atomic E-state index is 11.4. The monoisotopic (exact) mass is 272 g/mol. The third kappa shape index (κ3) is 4.78.